The van der Waals surface area contributed by atoms with Crippen LogP contribution < -0.4 is 0 Å². The number of nitrogens with zero attached hydrogens (tertiary/aromatic N) is 4. The molecule has 3 rings (SSSR count). The number of hydrogen-bond acceptors (Lipinski definition) is 6. The van der Waals surface area contributed by atoms with Crippen LogP contribution in [-0.2, 0) is 20.9 Å². The number of rotatable bonds is 6. The molecule has 1 aromatic heterocycles. The molecule has 0 saturated carbocycles. The molecule has 9 nitrogen and oxygen atoms in total. The summed E-state index contributed by atoms with van der Waals surface area (Å²) in [5, 5.41) is 15.0. The summed E-state index contributed by atoms with van der Waals surface area (Å²) in [6.07, 6.45) is 2.74. The van der Waals surface area contributed by atoms with Gasteiger partial charge >= 0.3 is 11.7 Å². The molecule has 2 heterocycles. The lowest BCUT2D eigenvalue weighted by Crippen LogP contribution is -2.37. The molecule has 0 aliphatic carbocycles. The summed E-state index contributed by atoms with van der Waals surface area (Å²) < 4.78 is 6.27. The van der Waals surface area contributed by atoms with E-state index in [-0.39, 0.29) is 36.1 Å². The highest BCUT2D eigenvalue weighted by molar-refractivity contribution is 5.82. The molecule has 0 N–H and O–H groups in total. The van der Waals surface area contributed by atoms with Crippen molar-refractivity contribution in [3.8, 4) is 0 Å². The molecule has 0 saturated heterocycles. The Hall–Kier alpha value is -3.49. The number of esters is 1. The molecule has 29 heavy (non-hydrogen) atoms. The molecule has 1 amide bonds. The van der Waals surface area contributed by atoms with Crippen molar-refractivity contribution in [3.05, 3.63) is 63.5 Å². The summed E-state index contributed by atoms with van der Waals surface area (Å²) in [5.74, 6) is -0.947. The molecule has 1 aliphatic heterocycles. The van der Waals surface area contributed by atoms with E-state index in [1.807, 2.05) is 36.4 Å². The molecule has 0 unspecified atom stereocenters. The maximum Gasteiger partial charge on any atom is 0.328 e. The second-order valence-corrected chi connectivity index (χ2v) is 6.78. The van der Waals surface area contributed by atoms with E-state index in [1.165, 1.54) is 24.1 Å². The molecule has 152 valence electrons. The van der Waals surface area contributed by atoms with Gasteiger partial charge in [0.2, 0.25) is 0 Å². The number of ether oxygens (including phenoxy) is 1. The van der Waals surface area contributed by atoms with E-state index < -0.39 is 10.9 Å². The monoisotopic (exact) mass is 398 g/mol. The lowest BCUT2D eigenvalue weighted by atomic mass is 10.00. The van der Waals surface area contributed by atoms with Crippen LogP contribution in [0, 0.1) is 24.0 Å². The number of carbonyl (C=O) groups excluding carboxylic acids is 2. The Kier molecular flexibility index (Phi) is 6.06. The first-order valence-corrected chi connectivity index (χ1v) is 9.23. The zero-order chi connectivity index (χ0) is 21.0. The van der Waals surface area contributed by atoms with E-state index in [0.717, 1.165) is 12.0 Å². The van der Waals surface area contributed by atoms with Gasteiger partial charge in [-0.25, -0.2) is 0 Å². The van der Waals surface area contributed by atoms with E-state index in [2.05, 4.69) is 5.10 Å². The maximum atomic E-state index is 12.3. The fraction of sp³-hybridized carbons (Fsp3) is 0.350. The Balaban J connectivity index is 1.51. The molecule has 2 aromatic rings. The molecule has 0 atom stereocenters. The van der Waals surface area contributed by atoms with Crippen LogP contribution in [0.5, 0.6) is 0 Å². The number of aryl methyl sites for hydroxylation is 1. The second-order valence-electron chi connectivity index (χ2n) is 6.78. The quantitative estimate of drug-likeness (QED) is 0.420. The van der Waals surface area contributed by atoms with E-state index >= 15 is 0 Å². The van der Waals surface area contributed by atoms with Crippen molar-refractivity contribution in [1.82, 2.24) is 14.7 Å². The van der Waals surface area contributed by atoms with E-state index in [4.69, 9.17) is 4.74 Å². The third kappa shape index (κ3) is 4.68. The minimum Gasteiger partial charge on any atom is -0.454 e. The lowest BCUT2D eigenvalue weighted by Gasteiger charge is -2.26. The smallest absolute Gasteiger partial charge is 0.328 e. The van der Waals surface area contributed by atoms with Gasteiger partial charge in [0.1, 0.15) is 17.9 Å². The average molecular weight is 398 g/mol. The van der Waals surface area contributed by atoms with Crippen LogP contribution in [0.3, 0.4) is 0 Å². The van der Waals surface area contributed by atoms with Gasteiger partial charge in [0.15, 0.2) is 6.61 Å². The van der Waals surface area contributed by atoms with Gasteiger partial charge in [-0.15, -0.1) is 0 Å². The van der Waals surface area contributed by atoms with Gasteiger partial charge in [-0.1, -0.05) is 36.4 Å². The first-order chi connectivity index (χ1) is 13.9. The summed E-state index contributed by atoms with van der Waals surface area (Å²) in [6, 6.07) is 9.99. The van der Waals surface area contributed by atoms with Crippen molar-refractivity contribution in [2.75, 3.05) is 19.7 Å². The van der Waals surface area contributed by atoms with Crippen molar-refractivity contribution in [2.45, 2.75) is 26.8 Å². The zero-order valence-corrected chi connectivity index (χ0v) is 16.3. The van der Waals surface area contributed by atoms with Crippen LogP contribution in [0.25, 0.3) is 5.57 Å². The highest BCUT2D eigenvalue weighted by atomic mass is 16.6. The van der Waals surface area contributed by atoms with Crippen molar-refractivity contribution >= 4 is 23.1 Å². The molecule has 0 spiro atoms. The molecule has 9 heteroatoms. The van der Waals surface area contributed by atoms with Gasteiger partial charge in [0.05, 0.1) is 4.92 Å². The van der Waals surface area contributed by atoms with Crippen LogP contribution in [0.2, 0.25) is 0 Å². The normalized spacial score (nSPS) is 13.7. The number of carbonyl (C=O) groups is 2. The number of hydrogen-bond donors (Lipinski definition) is 0. The van der Waals surface area contributed by atoms with Crippen LogP contribution in [0.1, 0.15) is 23.4 Å². The van der Waals surface area contributed by atoms with Gasteiger partial charge in [0, 0.05) is 13.1 Å². The molecule has 0 fully saturated rings. The average Bonchev–Trinajstić information content (AvgIpc) is 3.00. The number of nitro groups is 1. The summed E-state index contributed by atoms with van der Waals surface area (Å²) in [7, 11) is 0. The minimum atomic E-state index is -0.670. The highest BCUT2D eigenvalue weighted by Crippen LogP contribution is 2.23. The summed E-state index contributed by atoms with van der Waals surface area (Å²) in [5.41, 5.74) is 2.71. The van der Waals surface area contributed by atoms with Crippen LogP contribution in [-0.4, -0.2) is 51.2 Å². The van der Waals surface area contributed by atoms with Gasteiger partial charge < -0.3 is 9.64 Å². The Labute approximate surface area is 167 Å². The maximum absolute atomic E-state index is 12.3. The van der Waals surface area contributed by atoms with Crippen LogP contribution >= 0.6 is 0 Å². The fourth-order valence-electron chi connectivity index (χ4n) is 3.32. The van der Waals surface area contributed by atoms with E-state index in [9.17, 15) is 19.7 Å². The summed E-state index contributed by atoms with van der Waals surface area (Å²) in [6.45, 7) is 3.39. The largest absolute Gasteiger partial charge is 0.454 e. The van der Waals surface area contributed by atoms with Crippen molar-refractivity contribution < 1.29 is 19.2 Å². The predicted octanol–water partition coefficient (Wildman–Crippen LogP) is 2.27. The van der Waals surface area contributed by atoms with Gasteiger partial charge in [0.25, 0.3) is 5.91 Å². The van der Waals surface area contributed by atoms with Crippen molar-refractivity contribution in [1.29, 1.82) is 0 Å². The van der Waals surface area contributed by atoms with Crippen LogP contribution in [0.4, 0.5) is 5.69 Å². The third-order valence-corrected chi connectivity index (χ3v) is 4.87. The van der Waals surface area contributed by atoms with E-state index in [0.29, 0.717) is 13.1 Å². The van der Waals surface area contributed by atoms with Gasteiger partial charge in [-0.05, 0) is 31.4 Å². The highest BCUT2D eigenvalue weighted by Gasteiger charge is 2.24. The van der Waals surface area contributed by atoms with Gasteiger partial charge in [-0.2, -0.15) is 5.10 Å². The zero-order valence-electron chi connectivity index (χ0n) is 16.3. The molecular weight excluding hydrogens is 376 g/mol. The number of benzene rings is 1. The second kappa shape index (κ2) is 8.68. The number of amides is 1. The molecular formula is C20H22N4O5. The minimum absolute atomic E-state index is 0.122. The van der Waals surface area contributed by atoms with Gasteiger partial charge in [-0.3, -0.25) is 24.4 Å². The van der Waals surface area contributed by atoms with Crippen molar-refractivity contribution in [3.63, 3.8) is 0 Å². The Morgan fingerprint density at radius 3 is 2.55 bits per heavy atom. The van der Waals surface area contributed by atoms with E-state index in [1.54, 1.807) is 4.90 Å². The summed E-state index contributed by atoms with van der Waals surface area (Å²) in [4.78, 5) is 36.5. The predicted molar refractivity (Wildman–Crippen MR) is 105 cm³/mol. The Morgan fingerprint density at radius 2 is 1.97 bits per heavy atom. The SMILES string of the molecule is Cc1nn(CC(=O)OCC(=O)N2CC=C(c3ccccc3)CC2)c(C)c1[N+](=O)[O-]. The fourth-order valence-corrected chi connectivity index (χ4v) is 3.32. The number of aromatic nitrogens is 2. The topological polar surface area (TPSA) is 108 Å². The Bertz CT molecular complexity index is 965. The molecule has 0 bridgehead atoms. The molecule has 1 aliphatic rings. The summed E-state index contributed by atoms with van der Waals surface area (Å²) >= 11 is 0. The first-order valence-electron chi connectivity index (χ1n) is 9.23. The standard InChI is InChI=1S/C20H22N4O5/c1-14-20(24(27)28)15(2)23(21-14)12-19(26)29-13-18(25)22-10-8-17(9-11-22)16-6-4-3-5-7-16/h3-8H,9-13H2,1-2H3. The molecule has 1 aromatic carbocycles. The third-order valence-electron chi connectivity index (χ3n) is 4.87. The first kappa shape index (κ1) is 20.2. The van der Waals surface area contributed by atoms with Crippen LogP contribution in [0.15, 0.2) is 36.4 Å². The lowest BCUT2D eigenvalue weighted by molar-refractivity contribution is -0.386. The molecule has 0 radical (unpaired) electrons. The van der Waals surface area contributed by atoms with Crippen molar-refractivity contribution in [2.24, 2.45) is 0 Å². The Morgan fingerprint density at radius 1 is 1.24 bits per heavy atom.